The van der Waals surface area contributed by atoms with Gasteiger partial charge in [0.05, 0.1) is 6.61 Å². The van der Waals surface area contributed by atoms with E-state index in [0.29, 0.717) is 12.8 Å². The Labute approximate surface area is 470 Å². The average Bonchev–Trinajstić information content (AvgIpc) is 3.42. The molecule has 0 heterocycles. The van der Waals surface area contributed by atoms with Gasteiger partial charge in [-0.15, -0.1) is 0 Å². The number of aliphatic hydroxyl groups excluding tert-OH is 1. The van der Waals surface area contributed by atoms with Crippen molar-refractivity contribution in [1.82, 2.24) is 0 Å². The number of ether oxygens (including phenoxy) is 2. The van der Waals surface area contributed by atoms with Crippen molar-refractivity contribution in [2.75, 3.05) is 13.2 Å². The van der Waals surface area contributed by atoms with Crippen LogP contribution in [0, 0.1) is 0 Å². The lowest BCUT2D eigenvalue weighted by Gasteiger charge is -2.15. The normalized spacial score (nSPS) is 13.1. The molecule has 5 nitrogen and oxygen atoms in total. The van der Waals surface area contributed by atoms with E-state index >= 15 is 0 Å². The van der Waals surface area contributed by atoms with Gasteiger partial charge < -0.3 is 14.6 Å². The molecule has 0 saturated carbocycles. The van der Waals surface area contributed by atoms with Gasteiger partial charge in [-0.2, -0.15) is 0 Å². The molecule has 0 bridgehead atoms. The third-order valence-corrected chi connectivity index (χ3v) is 13.4. The zero-order valence-electron chi connectivity index (χ0n) is 49.5. The van der Waals surface area contributed by atoms with Crippen molar-refractivity contribution in [2.45, 2.75) is 290 Å². The van der Waals surface area contributed by atoms with Crippen LogP contribution in [0.2, 0.25) is 0 Å². The first-order valence-corrected chi connectivity index (χ1v) is 31.7. The van der Waals surface area contributed by atoms with Crippen LogP contribution in [0.1, 0.15) is 284 Å². The Balaban J connectivity index is 3.50. The van der Waals surface area contributed by atoms with Gasteiger partial charge >= 0.3 is 11.9 Å². The Morgan fingerprint density at radius 2 is 0.526 bits per heavy atom. The summed E-state index contributed by atoms with van der Waals surface area (Å²) in [5, 5.41) is 9.69. The number of carbonyl (C=O) groups is 2. The van der Waals surface area contributed by atoms with E-state index in [0.717, 1.165) is 109 Å². The second kappa shape index (κ2) is 65.3. The number of carbonyl (C=O) groups excluding carboxylic acids is 2. The summed E-state index contributed by atoms with van der Waals surface area (Å²) in [7, 11) is 0. The van der Waals surface area contributed by atoms with Crippen molar-refractivity contribution in [3.05, 3.63) is 134 Å². The summed E-state index contributed by atoms with van der Waals surface area (Å²) in [6.45, 7) is 3.93. The maximum atomic E-state index is 12.3. The average molecular weight is 1050 g/mol. The molecule has 0 saturated heterocycles. The van der Waals surface area contributed by atoms with Gasteiger partial charge in [0.1, 0.15) is 6.61 Å². The van der Waals surface area contributed by atoms with Gasteiger partial charge in [-0.25, -0.2) is 0 Å². The van der Waals surface area contributed by atoms with E-state index in [-0.39, 0.29) is 25.2 Å². The van der Waals surface area contributed by atoms with Crippen LogP contribution in [0.25, 0.3) is 0 Å². The lowest BCUT2D eigenvalue weighted by molar-refractivity contribution is -0.161. The maximum absolute atomic E-state index is 12.3. The number of aliphatic hydroxyl groups is 1. The first-order chi connectivity index (χ1) is 37.6. The van der Waals surface area contributed by atoms with E-state index in [1.165, 1.54) is 148 Å². The van der Waals surface area contributed by atoms with E-state index in [1.807, 2.05) is 0 Å². The SMILES string of the molecule is CC/C=C\C/C=C\C/C=C\C/C=C\C/C=C\C/C=C\CCCCCCCCCCCCCCCCCCC(=O)OC(CO)COC(=O)CCCCCCCCCCCCC/C=C\C/C=C\C/C=C\C/C=C\C/C=C\CC. The van der Waals surface area contributed by atoms with E-state index in [9.17, 15) is 14.7 Å². The minimum atomic E-state index is -0.782. The van der Waals surface area contributed by atoms with Crippen LogP contribution in [0.15, 0.2) is 134 Å². The Morgan fingerprint density at radius 1 is 0.303 bits per heavy atom. The minimum Gasteiger partial charge on any atom is -0.462 e. The number of rotatable bonds is 57. The molecule has 0 spiro atoms. The van der Waals surface area contributed by atoms with Gasteiger partial charge in [0.25, 0.3) is 0 Å². The van der Waals surface area contributed by atoms with Crippen LogP contribution >= 0.6 is 0 Å². The minimum absolute atomic E-state index is 0.0721. The van der Waals surface area contributed by atoms with Crippen molar-refractivity contribution in [3.8, 4) is 0 Å². The Bertz CT molecular complexity index is 1570. The molecule has 76 heavy (non-hydrogen) atoms. The summed E-state index contributed by atoms with van der Waals surface area (Å²) >= 11 is 0. The lowest BCUT2D eigenvalue weighted by atomic mass is 10.0. The maximum Gasteiger partial charge on any atom is 0.306 e. The number of hydrogen-bond donors (Lipinski definition) is 1. The van der Waals surface area contributed by atoms with Gasteiger partial charge in [0.2, 0.25) is 0 Å². The molecule has 0 aromatic heterocycles. The summed E-state index contributed by atoms with van der Waals surface area (Å²) in [5.74, 6) is -0.592. The molecule has 0 aromatic rings. The molecule has 1 atom stereocenters. The quantitative estimate of drug-likeness (QED) is 0.0373. The fraction of sp³-hybridized carbons (Fsp3) is 0.662. The number of hydrogen-bond acceptors (Lipinski definition) is 5. The van der Waals surface area contributed by atoms with Gasteiger partial charge in [-0.05, 0) is 109 Å². The molecule has 0 amide bonds. The molecule has 0 aromatic carbocycles. The van der Waals surface area contributed by atoms with Crippen LogP contribution in [0.4, 0.5) is 0 Å². The van der Waals surface area contributed by atoms with Crippen LogP contribution in [0.3, 0.4) is 0 Å². The molecule has 0 rings (SSSR count). The van der Waals surface area contributed by atoms with E-state index in [4.69, 9.17) is 9.47 Å². The summed E-state index contributed by atoms with van der Waals surface area (Å²) in [4.78, 5) is 24.6. The Morgan fingerprint density at radius 3 is 0.789 bits per heavy atom. The van der Waals surface area contributed by atoms with E-state index in [2.05, 4.69) is 148 Å². The first kappa shape index (κ1) is 72.0. The molecule has 5 heteroatoms. The molecular formula is C71H118O5. The third-order valence-electron chi connectivity index (χ3n) is 13.4. The van der Waals surface area contributed by atoms with Gasteiger partial charge in [-0.3, -0.25) is 9.59 Å². The fourth-order valence-corrected chi connectivity index (χ4v) is 8.76. The van der Waals surface area contributed by atoms with E-state index in [1.54, 1.807) is 0 Å². The van der Waals surface area contributed by atoms with Gasteiger partial charge in [-0.1, -0.05) is 295 Å². The number of esters is 2. The summed E-state index contributed by atoms with van der Waals surface area (Å²) in [6.07, 6.45) is 97.3. The van der Waals surface area contributed by atoms with Crippen LogP contribution in [-0.2, 0) is 19.1 Å². The second-order valence-corrected chi connectivity index (χ2v) is 20.7. The van der Waals surface area contributed by atoms with Crippen molar-refractivity contribution in [1.29, 1.82) is 0 Å². The van der Waals surface area contributed by atoms with Gasteiger partial charge in [0.15, 0.2) is 6.10 Å². The van der Waals surface area contributed by atoms with Gasteiger partial charge in [0, 0.05) is 12.8 Å². The second-order valence-electron chi connectivity index (χ2n) is 20.7. The molecule has 0 aliphatic carbocycles. The summed E-state index contributed by atoms with van der Waals surface area (Å²) in [5.41, 5.74) is 0. The highest BCUT2D eigenvalue weighted by Gasteiger charge is 2.16. The fourth-order valence-electron chi connectivity index (χ4n) is 8.76. The predicted octanol–water partition coefficient (Wildman–Crippen LogP) is 22.0. The van der Waals surface area contributed by atoms with Crippen molar-refractivity contribution in [3.63, 3.8) is 0 Å². The number of unbranched alkanes of at least 4 members (excludes halogenated alkanes) is 27. The molecule has 0 fully saturated rings. The van der Waals surface area contributed by atoms with Crippen molar-refractivity contribution >= 4 is 11.9 Å². The Hall–Kier alpha value is -3.96. The van der Waals surface area contributed by atoms with Crippen LogP contribution in [-0.4, -0.2) is 36.4 Å². The highest BCUT2D eigenvalue weighted by Crippen LogP contribution is 2.16. The highest BCUT2D eigenvalue weighted by molar-refractivity contribution is 5.70. The first-order valence-electron chi connectivity index (χ1n) is 31.7. The molecule has 432 valence electrons. The molecule has 1 unspecified atom stereocenters. The zero-order chi connectivity index (χ0) is 54.8. The van der Waals surface area contributed by atoms with Crippen LogP contribution in [0.5, 0.6) is 0 Å². The monoisotopic (exact) mass is 1050 g/mol. The van der Waals surface area contributed by atoms with Crippen molar-refractivity contribution in [2.24, 2.45) is 0 Å². The smallest absolute Gasteiger partial charge is 0.306 e. The third kappa shape index (κ3) is 62.6. The summed E-state index contributed by atoms with van der Waals surface area (Å²) in [6, 6.07) is 0. The molecular weight excluding hydrogens is 933 g/mol. The molecule has 0 radical (unpaired) electrons. The van der Waals surface area contributed by atoms with Crippen LogP contribution < -0.4 is 0 Å². The molecule has 0 aliphatic rings. The standard InChI is InChI=1S/C71H118O5/c1-3-5-7-9-11-13-15-17-19-21-23-25-27-29-31-32-33-34-35-36-37-38-40-42-44-46-48-50-52-54-56-58-60-62-64-66-71(74)76-69(67-72)68-75-70(73)65-63-61-59-57-55-53-51-49-47-45-43-41-39-30-28-26-24-22-20-18-16-14-12-10-8-6-4-2/h5-8,11-14,17-20,23-26,29-31,33-34,39,69,72H,3-4,9-10,15-16,21-22,27-28,32,35-38,40-68H2,1-2H3/b7-5-,8-6-,13-11-,14-12-,19-17-,20-18-,25-23-,26-24-,31-29-,34-33-,39-30-. The van der Waals surface area contributed by atoms with Crippen molar-refractivity contribution < 1.29 is 24.2 Å². The Kier molecular flexibility index (Phi) is 61.9. The van der Waals surface area contributed by atoms with E-state index < -0.39 is 6.10 Å². The lowest BCUT2D eigenvalue weighted by Crippen LogP contribution is -2.28. The molecule has 1 N–H and O–H groups in total. The highest BCUT2D eigenvalue weighted by atomic mass is 16.6. The predicted molar refractivity (Wildman–Crippen MR) is 334 cm³/mol. The zero-order valence-corrected chi connectivity index (χ0v) is 49.5. The largest absolute Gasteiger partial charge is 0.462 e. The topological polar surface area (TPSA) is 72.8 Å². The number of allylic oxidation sites excluding steroid dienone is 22. The molecule has 0 aliphatic heterocycles. The summed E-state index contributed by atoms with van der Waals surface area (Å²) < 4.78 is 10.7.